The van der Waals surface area contributed by atoms with Crippen molar-refractivity contribution in [2.45, 2.75) is 39.2 Å². The third kappa shape index (κ3) is 5.28. The van der Waals surface area contributed by atoms with Crippen LogP contribution in [0.2, 0.25) is 0 Å². The predicted octanol–water partition coefficient (Wildman–Crippen LogP) is 1.73. The van der Waals surface area contributed by atoms with Gasteiger partial charge in [0.05, 0.1) is 6.61 Å². The predicted molar refractivity (Wildman–Crippen MR) is 68.8 cm³/mol. The Labute approximate surface area is 101 Å². The summed E-state index contributed by atoms with van der Waals surface area (Å²) in [6, 6.07) is 0.709. The van der Waals surface area contributed by atoms with Gasteiger partial charge in [0.15, 0.2) is 0 Å². The lowest BCUT2D eigenvalue weighted by atomic mass is 10.1. The van der Waals surface area contributed by atoms with Crippen molar-refractivity contribution >= 4 is 0 Å². The van der Waals surface area contributed by atoms with Gasteiger partial charge in [-0.2, -0.15) is 0 Å². The van der Waals surface area contributed by atoms with Gasteiger partial charge in [-0.15, -0.1) is 0 Å². The summed E-state index contributed by atoms with van der Waals surface area (Å²) in [7, 11) is 1.79. The van der Waals surface area contributed by atoms with Crippen molar-refractivity contribution in [2.24, 2.45) is 5.92 Å². The van der Waals surface area contributed by atoms with Gasteiger partial charge < -0.3 is 10.1 Å². The molecule has 1 fully saturated rings. The van der Waals surface area contributed by atoms with Crippen molar-refractivity contribution < 1.29 is 4.74 Å². The van der Waals surface area contributed by atoms with Crippen molar-refractivity contribution in [3.63, 3.8) is 0 Å². The Hall–Kier alpha value is -0.120. The van der Waals surface area contributed by atoms with Crippen LogP contribution in [0.5, 0.6) is 0 Å². The third-order valence-electron chi connectivity index (χ3n) is 3.52. The third-order valence-corrected chi connectivity index (χ3v) is 3.52. The number of ether oxygens (including phenoxy) is 1. The van der Waals surface area contributed by atoms with Crippen LogP contribution in [0.25, 0.3) is 0 Å². The largest absolute Gasteiger partial charge is 0.383 e. The molecule has 16 heavy (non-hydrogen) atoms. The van der Waals surface area contributed by atoms with Gasteiger partial charge in [-0.1, -0.05) is 20.3 Å². The number of methoxy groups -OCH3 is 1. The summed E-state index contributed by atoms with van der Waals surface area (Å²) in [5.74, 6) is 0.790. The highest BCUT2D eigenvalue weighted by molar-refractivity contribution is 4.78. The first-order chi connectivity index (χ1) is 7.76. The van der Waals surface area contributed by atoms with Crippen LogP contribution in [-0.4, -0.2) is 50.8 Å². The van der Waals surface area contributed by atoms with Gasteiger partial charge in [-0.25, -0.2) is 0 Å². The minimum Gasteiger partial charge on any atom is -0.383 e. The standard InChI is InChI=1S/C13H28N2O/c1-4-12(2)10-15(8-9-16-3)11-13-6-5-7-14-13/h12-14H,4-11H2,1-3H3. The molecule has 1 N–H and O–H groups in total. The monoisotopic (exact) mass is 228 g/mol. The minimum atomic E-state index is 0.709. The minimum absolute atomic E-state index is 0.709. The molecule has 3 heteroatoms. The van der Waals surface area contributed by atoms with E-state index in [1.807, 2.05) is 0 Å². The quantitative estimate of drug-likeness (QED) is 0.685. The molecule has 0 saturated carbocycles. The van der Waals surface area contributed by atoms with Crippen molar-refractivity contribution in [1.29, 1.82) is 0 Å². The van der Waals surface area contributed by atoms with Crippen molar-refractivity contribution in [3.05, 3.63) is 0 Å². The van der Waals surface area contributed by atoms with Crippen LogP contribution in [-0.2, 0) is 4.74 Å². The van der Waals surface area contributed by atoms with Crippen LogP contribution in [0.4, 0.5) is 0 Å². The summed E-state index contributed by atoms with van der Waals surface area (Å²) in [5.41, 5.74) is 0. The maximum Gasteiger partial charge on any atom is 0.0589 e. The van der Waals surface area contributed by atoms with Gasteiger partial charge in [0.2, 0.25) is 0 Å². The maximum absolute atomic E-state index is 5.19. The zero-order valence-electron chi connectivity index (χ0n) is 11.2. The molecule has 1 rings (SSSR count). The molecule has 0 radical (unpaired) electrons. The number of hydrogen-bond acceptors (Lipinski definition) is 3. The average molecular weight is 228 g/mol. The fourth-order valence-corrected chi connectivity index (χ4v) is 2.27. The Morgan fingerprint density at radius 2 is 2.31 bits per heavy atom. The van der Waals surface area contributed by atoms with Crippen molar-refractivity contribution in [2.75, 3.05) is 39.9 Å². The van der Waals surface area contributed by atoms with E-state index in [9.17, 15) is 0 Å². The lowest BCUT2D eigenvalue weighted by Gasteiger charge is -2.27. The number of hydrogen-bond donors (Lipinski definition) is 1. The number of nitrogens with one attached hydrogen (secondary N) is 1. The van der Waals surface area contributed by atoms with Gasteiger partial charge >= 0.3 is 0 Å². The molecule has 0 bridgehead atoms. The molecule has 0 amide bonds. The molecule has 0 aromatic rings. The number of rotatable bonds is 8. The van der Waals surface area contributed by atoms with Gasteiger partial charge in [-0.05, 0) is 25.3 Å². The molecule has 2 unspecified atom stereocenters. The van der Waals surface area contributed by atoms with Crippen molar-refractivity contribution in [1.82, 2.24) is 10.2 Å². The molecular weight excluding hydrogens is 200 g/mol. The summed E-state index contributed by atoms with van der Waals surface area (Å²) < 4.78 is 5.19. The zero-order valence-corrected chi connectivity index (χ0v) is 11.2. The smallest absolute Gasteiger partial charge is 0.0589 e. The second-order valence-electron chi connectivity index (χ2n) is 5.06. The summed E-state index contributed by atoms with van der Waals surface area (Å²) in [4.78, 5) is 2.56. The SMILES string of the molecule is CCC(C)CN(CCOC)CC1CCCN1. The highest BCUT2D eigenvalue weighted by Gasteiger charge is 2.18. The van der Waals surface area contributed by atoms with Crippen molar-refractivity contribution in [3.8, 4) is 0 Å². The van der Waals surface area contributed by atoms with Gasteiger partial charge in [-0.3, -0.25) is 4.90 Å². The molecule has 3 nitrogen and oxygen atoms in total. The second-order valence-corrected chi connectivity index (χ2v) is 5.06. The van der Waals surface area contributed by atoms with E-state index in [1.165, 1.54) is 38.9 Å². The summed E-state index contributed by atoms with van der Waals surface area (Å²) in [5, 5.41) is 3.57. The molecule has 0 aromatic carbocycles. The average Bonchev–Trinajstić information content (AvgIpc) is 2.78. The first-order valence-electron chi connectivity index (χ1n) is 6.71. The van der Waals surface area contributed by atoms with Crippen LogP contribution < -0.4 is 5.32 Å². The fraction of sp³-hybridized carbons (Fsp3) is 1.00. The summed E-state index contributed by atoms with van der Waals surface area (Å²) in [6.07, 6.45) is 3.94. The molecule has 0 spiro atoms. The van der Waals surface area contributed by atoms with Gasteiger partial charge in [0.1, 0.15) is 0 Å². The van der Waals surface area contributed by atoms with E-state index in [0.29, 0.717) is 6.04 Å². The Morgan fingerprint density at radius 3 is 2.88 bits per heavy atom. The highest BCUT2D eigenvalue weighted by atomic mass is 16.5. The number of nitrogens with zero attached hydrogens (tertiary/aromatic N) is 1. The molecular formula is C13H28N2O. The topological polar surface area (TPSA) is 24.5 Å². The molecule has 1 aliphatic rings. The van der Waals surface area contributed by atoms with E-state index in [2.05, 4.69) is 24.1 Å². The summed E-state index contributed by atoms with van der Waals surface area (Å²) in [6.45, 7) is 10.1. The molecule has 1 aliphatic heterocycles. The Kier molecular flexibility index (Phi) is 7.01. The molecule has 96 valence electrons. The van der Waals surface area contributed by atoms with Gasteiger partial charge in [0.25, 0.3) is 0 Å². The van der Waals surface area contributed by atoms with Crippen LogP contribution in [0.1, 0.15) is 33.1 Å². The first-order valence-corrected chi connectivity index (χ1v) is 6.71. The molecule has 0 aliphatic carbocycles. The van der Waals surface area contributed by atoms with Crippen LogP contribution in [0.3, 0.4) is 0 Å². The van der Waals surface area contributed by atoms with Gasteiger partial charge in [0, 0.05) is 32.8 Å². The van der Waals surface area contributed by atoms with E-state index in [0.717, 1.165) is 19.1 Å². The Morgan fingerprint density at radius 1 is 1.50 bits per heavy atom. The molecule has 2 atom stereocenters. The first kappa shape index (κ1) is 13.9. The van der Waals surface area contributed by atoms with E-state index in [-0.39, 0.29) is 0 Å². The normalized spacial score (nSPS) is 22.9. The maximum atomic E-state index is 5.19. The molecule has 1 saturated heterocycles. The Balaban J connectivity index is 2.29. The van der Waals surface area contributed by atoms with E-state index < -0.39 is 0 Å². The van der Waals surface area contributed by atoms with Crippen LogP contribution >= 0.6 is 0 Å². The lowest BCUT2D eigenvalue weighted by molar-refractivity contribution is 0.131. The van der Waals surface area contributed by atoms with Crippen LogP contribution in [0.15, 0.2) is 0 Å². The van der Waals surface area contributed by atoms with E-state index in [4.69, 9.17) is 4.74 Å². The second kappa shape index (κ2) is 8.04. The Bertz CT molecular complexity index is 169. The summed E-state index contributed by atoms with van der Waals surface area (Å²) >= 11 is 0. The highest BCUT2D eigenvalue weighted by Crippen LogP contribution is 2.10. The lowest BCUT2D eigenvalue weighted by Crippen LogP contribution is -2.41. The zero-order chi connectivity index (χ0) is 11.8. The fourth-order valence-electron chi connectivity index (χ4n) is 2.27. The molecule has 0 aromatic heterocycles. The van der Waals surface area contributed by atoms with E-state index >= 15 is 0 Å². The molecule has 1 heterocycles. The van der Waals surface area contributed by atoms with E-state index in [1.54, 1.807) is 7.11 Å². The van der Waals surface area contributed by atoms with Crippen LogP contribution in [0, 0.1) is 5.92 Å².